The lowest BCUT2D eigenvalue weighted by molar-refractivity contribution is -0.121. The van der Waals surface area contributed by atoms with Crippen LogP contribution < -0.4 is 5.32 Å². The second kappa shape index (κ2) is 7.79. The minimum absolute atomic E-state index is 0.0720. The van der Waals surface area contributed by atoms with Crippen molar-refractivity contribution in [2.75, 3.05) is 18.4 Å². The third-order valence-electron chi connectivity index (χ3n) is 5.52. The summed E-state index contributed by atoms with van der Waals surface area (Å²) in [5.74, 6) is 0.577. The first-order valence-electron chi connectivity index (χ1n) is 9.58. The molecule has 1 aliphatic rings. The maximum Gasteiger partial charge on any atom is 0.241 e. The van der Waals surface area contributed by atoms with Crippen molar-refractivity contribution in [1.82, 2.24) is 9.88 Å². The molecule has 27 heavy (non-hydrogen) atoms. The fraction of sp³-hybridized carbons (Fsp3) is 0.364. The fourth-order valence-electron chi connectivity index (χ4n) is 3.71. The van der Waals surface area contributed by atoms with Crippen molar-refractivity contribution in [1.29, 1.82) is 0 Å². The lowest BCUT2D eigenvalue weighted by Gasteiger charge is -2.34. The number of thiazole rings is 1. The van der Waals surface area contributed by atoms with Gasteiger partial charge in [0.2, 0.25) is 5.91 Å². The lowest BCUT2D eigenvalue weighted by Crippen LogP contribution is -2.45. The molecule has 1 N–H and O–H groups in total. The first-order chi connectivity index (χ1) is 13.1. The van der Waals surface area contributed by atoms with Gasteiger partial charge < -0.3 is 5.32 Å². The molecule has 1 saturated heterocycles. The summed E-state index contributed by atoms with van der Waals surface area (Å²) in [5.41, 5.74) is 3.09. The number of aromatic nitrogens is 1. The predicted molar refractivity (Wildman–Crippen MR) is 112 cm³/mol. The topological polar surface area (TPSA) is 45.2 Å². The SMILES string of the molecule is Cc1ccccc1NC(=O)C(C)N1CCC(c2nc3ccccc3s2)CC1. The van der Waals surface area contributed by atoms with E-state index < -0.39 is 0 Å². The van der Waals surface area contributed by atoms with Crippen LogP contribution in [0.5, 0.6) is 0 Å². The molecule has 1 unspecified atom stereocenters. The van der Waals surface area contributed by atoms with Crippen LogP contribution in [-0.4, -0.2) is 34.9 Å². The number of nitrogens with one attached hydrogen (secondary N) is 1. The Kier molecular flexibility index (Phi) is 5.23. The van der Waals surface area contributed by atoms with Crippen molar-refractivity contribution in [3.8, 4) is 0 Å². The van der Waals surface area contributed by atoms with Crippen LogP contribution in [0.2, 0.25) is 0 Å². The van der Waals surface area contributed by atoms with Gasteiger partial charge in [0.25, 0.3) is 0 Å². The largest absolute Gasteiger partial charge is 0.324 e. The smallest absolute Gasteiger partial charge is 0.241 e. The van der Waals surface area contributed by atoms with Crippen LogP contribution in [0.3, 0.4) is 0 Å². The number of likely N-dealkylation sites (tertiary alicyclic amines) is 1. The molecule has 0 saturated carbocycles. The van der Waals surface area contributed by atoms with Crippen LogP contribution in [0.15, 0.2) is 48.5 Å². The van der Waals surface area contributed by atoms with E-state index in [-0.39, 0.29) is 11.9 Å². The molecule has 0 bridgehead atoms. The molecule has 4 nitrogen and oxygen atoms in total. The van der Waals surface area contributed by atoms with Crippen molar-refractivity contribution < 1.29 is 4.79 Å². The Morgan fingerprint density at radius 1 is 1.15 bits per heavy atom. The van der Waals surface area contributed by atoms with E-state index in [1.807, 2.05) is 55.5 Å². The Labute approximate surface area is 164 Å². The molecule has 5 heteroatoms. The number of aryl methyl sites for hydroxylation is 1. The Hall–Kier alpha value is -2.24. The fourth-order valence-corrected chi connectivity index (χ4v) is 4.85. The van der Waals surface area contributed by atoms with Crippen LogP contribution in [0, 0.1) is 6.92 Å². The summed E-state index contributed by atoms with van der Waals surface area (Å²) in [5, 5.41) is 4.32. The number of piperidine rings is 1. The summed E-state index contributed by atoms with van der Waals surface area (Å²) in [7, 11) is 0. The number of carbonyl (C=O) groups is 1. The van der Waals surface area contributed by atoms with E-state index in [1.54, 1.807) is 0 Å². The molecule has 2 aromatic carbocycles. The summed E-state index contributed by atoms with van der Waals surface area (Å²) in [4.78, 5) is 19.8. The van der Waals surface area contributed by atoms with Crippen molar-refractivity contribution >= 4 is 33.1 Å². The molecule has 0 aliphatic carbocycles. The van der Waals surface area contributed by atoms with Crippen LogP contribution in [0.4, 0.5) is 5.69 Å². The Balaban J connectivity index is 1.36. The van der Waals surface area contributed by atoms with Gasteiger partial charge in [-0.2, -0.15) is 0 Å². The van der Waals surface area contributed by atoms with Crippen LogP contribution in [0.1, 0.15) is 36.3 Å². The van der Waals surface area contributed by atoms with Gasteiger partial charge in [-0.1, -0.05) is 30.3 Å². The van der Waals surface area contributed by atoms with Crippen LogP contribution >= 0.6 is 11.3 Å². The van der Waals surface area contributed by atoms with E-state index in [0.717, 1.165) is 42.7 Å². The maximum atomic E-state index is 12.7. The first-order valence-corrected chi connectivity index (χ1v) is 10.4. The molecule has 0 spiro atoms. The van der Waals surface area contributed by atoms with Gasteiger partial charge in [-0.3, -0.25) is 9.69 Å². The average Bonchev–Trinajstić information content (AvgIpc) is 3.13. The molecule has 1 aromatic heterocycles. The van der Waals surface area contributed by atoms with Gasteiger partial charge in [0.15, 0.2) is 0 Å². The van der Waals surface area contributed by atoms with Crippen LogP contribution in [-0.2, 0) is 4.79 Å². The zero-order valence-corrected chi connectivity index (χ0v) is 16.6. The highest BCUT2D eigenvalue weighted by atomic mass is 32.1. The average molecular weight is 380 g/mol. The Morgan fingerprint density at radius 2 is 1.85 bits per heavy atom. The highest BCUT2D eigenvalue weighted by molar-refractivity contribution is 7.18. The van der Waals surface area contributed by atoms with Gasteiger partial charge in [0, 0.05) is 11.6 Å². The Bertz CT molecular complexity index is 910. The van der Waals surface area contributed by atoms with Gasteiger partial charge in [-0.25, -0.2) is 4.98 Å². The molecule has 3 aromatic rings. The molecule has 4 rings (SSSR count). The molecule has 1 amide bonds. The summed E-state index contributed by atoms with van der Waals surface area (Å²) in [6.07, 6.45) is 2.11. The quantitative estimate of drug-likeness (QED) is 0.707. The molecule has 1 aliphatic heterocycles. The Morgan fingerprint density at radius 3 is 2.59 bits per heavy atom. The first kappa shape index (κ1) is 18.1. The standard InChI is InChI=1S/C22H25N3OS/c1-15-7-3-4-8-18(15)23-21(26)16(2)25-13-11-17(12-14-25)22-24-19-9-5-6-10-20(19)27-22/h3-10,16-17H,11-14H2,1-2H3,(H,23,26). The van der Waals surface area contributed by atoms with E-state index in [0.29, 0.717) is 5.92 Å². The predicted octanol–water partition coefficient (Wildman–Crippen LogP) is 4.81. The number of rotatable bonds is 4. The van der Waals surface area contributed by atoms with Crippen molar-refractivity contribution in [3.63, 3.8) is 0 Å². The molecule has 0 radical (unpaired) electrons. The summed E-state index contributed by atoms with van der Waals surface area (Å²) in [6, 6.07) is 16.1. The van der Waals surface area contributed by atoms with E-state index in [9.17, 15) is 4.79 Å². The summed E-state index contributed by atoms with van der Waals surface area (Å²) in [6.45, 7) is 5.89. The van der Waals surface area contributed by atoms with Gasteiger partial charge in [-0.15, -0.1) is 11.3 Å². The maximum absolute atomic E-state index is 12.7. The summed E-state index contributed by atoms with van der Waals surface area (Å²) < 4.78 is 1.26. The zero-order valence-electron chi connectivity index (χ0n) is 15.8. The van der Waals surface area contributed by atoms with Gasteiger partial charge in [0.1, 0.15) is 0 Å². The number of hydrogen-bond donors (Lipinski definition) is 1. The van der Waals surface area contributed by atoms with Crippen molar-refractivity contribution in [2.24, 2.45) is 0 Å². The van der Waals surface area contributed by atoms with Gasteiger partial charge in [-0.05, 0) is 63.5 Å². The molecule has 2 heterocycles. The number of hydrogen-bond acceptors (Lipinski definition) is 4. The molecule has 140 valence electrons. The molecular weight excluding hydrogens is 354 g/mol. The monoisotopic (exact) mass is 379 g/mol. The zero-order chi connectivity index (χ0) is 18.8. The molecular formula is C22H25N3OS. The summed E-state index contributed by atoms with van der Waals surface area (Å²) >= 11 is 1.81. The van der Waals surface area contributed by atoms with Gasteiger partial charge in [0.05, 0.1) is 21.3 Å². The minimum Gasteiger partial charge on any atom is -0.324 e. The van der Waals surface area contributed by atoms with Crippen LogP contribution in [0.25, 0.3) is 10.2 Å². The highest BCUT2D eigenvalue weighted by Crippen LogP contribution is 2.34. The third kappa shape index (κ3) is 3.89. The molecule has 1 fully saturated rings. The van der Waals surface area contributed by atoms with E-state index in [1.165, 1.54) is 9.71 Å². The highest BCUT2D eigenvalue weighted by Gasteiger charge is 2.28. The number of fused-ring (bicyclic) bond motifs is 1. The van der Waals surface area contributed by atoms with E-state index >= 15 is 0 Å². The second-order valence-electron chi connectivity index (χ2n) is 7.31. The van der Waals surface area contributed by atoms with Crippen molar-refractivity contribution in [2.45, 2.75) is 38.6 Å². The number of anilines is 1. The number of nitrogens with zero attached hydrogens (tertiary/aromatic N) is 2. The lowest BCUT2D eigenvalue weighted by atomic mass is 9.96. The van der Waals surface area contributed by atoms with E-state index in [4.69, 9.17) is 4.98 Å². The number of amides is 1. The van der Waals surface area contributed by atoms with E-state index in [2.05, 4.69) is 28.4 Å². The minimum atomic E-state index is -0.124. The second-order valence-corrected chi connectivity index (χ2v) is 8.37. The molecule has 1 atom stereocenters. The number of benzene rings is 2. The van der Waals surface area contributed by atoms with Gasteiger partial charge >= 0.3 is 0 Å². The van der Waals surface area contributed by atoms with Crippen molar-refractivity contribution in [3.05, 3.63) is 59.1 Å². The number of para-hydroxylation sites is 2. The third-order valence-corrected chi connectivity index (χ3v) is 6.72. The normalized spacial score (nSPS) is 17.1. The number of carbonyl (C=O) groups excluding carboxylic acids is 1.